The number of hydrogen-bond donors (Lipinski definition) is 0. The molecule has 2 heteroatoms. The van der Waals surface area contributed by atoms with Crippen LogP contribution in [0.2, 0.25) is 5.04 Å². The molecule has 0 aromatic heterocycles. The molecule has 1 aromatic carbocycles. The second kappa shape index (κ2) is 10.8. The molecule has 0 bridgehead atoms. The first-order valence-electron chi connectivity index (χ1n) is 8.21. The Morgan fingerprint density at radius 3 is 1.80 bits per heavy atom. The predicted octanol–water partition coefficient (Wildman–Crippen LogP) is 5.89. The van der Waals surface area contributed by atoms with Crippen LogP contribution in [0, 0.1) is 55.4 Å². The van der Waals surface area contributed by atoms with Crippen molar-refractivity contribution in [2.75, 3.05) is 0 Å². The topological polar surface area (TPSA) is 0 Å². The molecule has 0 radical (unpaired) electrons. The Kier molecular flexibility index (Phi) is 12.8. The molecule has 1 unspecified atom stereocenters. The van der Waals surface area contributed by atoms with Gasteiger partial charge >= 0.3 is 21.7 Å². The number of allylic oxidation sites excluding steroid dienone is 4. The summed E-state index contributed by atoms with van der Waals surface area (Å²) < 4.78 is 0. The molecule has 0 amide bonds. The smallest absolute Gasteiger partial charge is 0.358 e. The maximum Gasteiger partial charge on any atom is 4.00 e. The Balaban J connectivity index is -0.00000121. The fourth-order valence-corrected chi connectivity index (χ4v) is 7.21. The summed E-state index contributed by atoms with van der Waals surface area (Å²) in [5.74, 6) is 0. The maximum atomic E-state index is 2.53. The molecule has 0 nitrogen and oxygen atoms in total. The van der Waals surface area contributed by atoms with E-state index in [9.17, 15) is 0 Å². The van der Waals surface area contributed by atoms with Crippen molar-refractivity contribution in [2.45, 2.75) is 66.3 Å². The van der Waals surface area contributed by atoms with E-state index in [1.807, 2.05) is 0 Å². The van der Waals surface area contributed by atoms with Crippen LogP contribution in [0.1, 0.15) is 55.9 Å². The minimum absolute atomic E-state index is 0. The van der Waals surface area contributed by atoms with Gasteiger partial charge in [0.1, 0.15) is 0 Å². The van der Waals surface area contributed by atoms with Crippen molar-refractivity contribution in [3.8, 4) is 0 Å². The second-order valence-corrected chi connectivity index (χ2v) is 10.7. The van der Waals surface area contributed by atoms with E-state index in [1.54, 1.807) is 16.3 Å². The van der Waals surface area contributed by atoms with Crippen LogP contribution < -0.4 is 5.19 Å². The molecule has 2 rings (SSSR count). The summed E-state index contributed by atoms with van der Waals surface area (Å²) in [4.78, 5) is 0. The molecule has 140 valence electrons. The molecule has 0 heterocycles. The summed E-state index contributed by atoms with van der Waals surface area (Å²) >= 11 is 0. The Morgan fingerprint density at radius 2 is 1.44 bits per heavy atom. The van der Waals surface area contributed by atoms with Gasteiger partial charge in [0.2, 0.25) is 0 Å². The van der Waals surface area contributed by atoms with Gasteiger partial charge < -0.3 is 22.3 Å². The van der Waals surface area contributed by atoms with E-state index in [-0.39, 0.29) is 53.5 Å². The molecule has 1 atom stereocenters. The molecule has 0 spiro atoms. The fraction of sp³-hybridized carbons (Fsp3) is 0.478. The first-order valence-corrected chi connectivity index (χ1v) is 9.63. The zero-order valence-electron chi connectivity index (χ0n) is 18.4. The summed E-state index contributed by atoms with van der Waals surface area (Å²) in [5.41, 5.74) is 6.59. The maximum absolute atomic E-state index is 2.53. The predicted molar refractivity (Wildman–Crippen MR) is 118 cm³/mol. The summed E-state index contributed by atoms with van der Waals surface area (Å²) in [5, 5.41) is 2.16. The minimum Gasteiger partial charge on any atom is -0.358 e. The van der Waals surface area contributed by atoms with Crippen molar-refractivity contribution >= 4 is 14.7 Å². The Bertz CT molecular complexity index is 559. The van der Waals surface area contributed by atoms with E-state index in [0.29, 0.717) is 10.5 Å². The van der Waals surface area contributed by atoms with Crippen molar-refractivity contribution in [3.05, 3.63) is 68.8 Å². The Hall–Kier alpha value is -0.239. The van der Waals surface area contributed by atoms with Gasteiger partial charge in [-0.2, -0.15) is 27.4 Å². The molecule has 1 aliphatic rings. The van der Waals surface area contributed by atoms with Gasteiger partial charge in [0.25, 0.3) is 0 Å². The van der Waals surface area contributed by atoms with E-state index in [1.165, 1.54) is 24.0 Å². The van der Waals surface area contributed by atoms with Gasteiger partial charge in [0.15, 0.2) is 0 Å². The zero-order valence-corrected chi connectivity index (χ0v) is 21.4. The summed E-state index contributed by atoms with van der Waals surface area (Å²) in [6.07, 6.45) is 11.9. The van der Waals surface area contributed by atoms with E-state index in [2.05, 4.69) is 72.8 Å². The van der Waals surface area contributed by atoms with Crippen molar-refractivity contribution in [1.82, 2.24) is 0 Å². The summed E-state index contributed by atoms with van der Waals surface area (Å²) in [6, 6.07) is 0. The van der Waals surface area contributed by atoms with Gasteiger partial charge in [-0.25, -0.2) is 0 Å². The van der Waals surface area contributed by atoms with E-state index in [0.717, 1.165) is 0 Å². The van der Waals surface area contributed by atoms with Crippen LogP contribution in [0.15, 0.2) is 24.3 Å². The molecule has 0 fully saturated rings. The summed E-state index contributed by atoms with van der Waals surface area (Å²) in [7, 11) is -0.340. The van der Waals surface area contributed by atoms with Gasteiger partial charge in [-0.05, 0) is 23.3 Å². The molecule has 0 saturated heterocycles. The molecular weight excluding hydrogens is 352 g/mol. The van der Waals surface area contributed by atoms with Crippen LogP contribution in [0.3, 0.4) is 0 Å². The van der Waals surface area contributed by atoms with Crippen molar-refractivity contribution in [1.29, 1.82) is 0 Å². The number of hydrogen-bond acceptors (Lipinski definition) is 0. The van der Waals surface area contributed by atoms with Crippen molar-refractivity contribution in [2.24, 2.45) is 5.41 Å². The average molecular weight is 393 g/mol. The third-order valence-electron chi connectivity index (χ3n) is 5.23. The summed E-state index contributed by atoms with van der Waals surface area (Å²) in [6.45, 7) is 16.4. The fourth-order valence-electron chi connectivity index (χ4n) is 4.00. The minimum atomic E-state index is -0.340. The van der Waals surface area contributed by atoms with E-state index in [4.69, 9.17) is 0 Å². The Labute approximate surface area is 176 Å². The molecule has 0 saturated carbocycles. The van der Waals surface area contributed by atoms with Crippen LogP contribution in [0.5, 0.6) is 0 Å². The molecule has 1 aromatic rings. The van der Waals surface area contributed by atoms with Crippen LogP contribution >= 0.6 is 0 Å². The van der Waals surface area contributed by atoms with Crippen LogP contribution in [-0.4, -0.2) is 9.52 Å². The largest absolute Gasteiger partial charge is 4.00 e. The Morgan fingerprint density at radius 1 is 0.960 bits per heavy atom. The molecule has 1 aliphatic carbocycles. The van der Waals surface area contributed by atoms with Gasteiger partial charge in [-0.3, -0.25) is 0 Å². The third kappa shape index (κ3) is 6.77. The standard InChI is InChI=1S/C20H31Si.3CH3.Ti/c1-14-15(2)17(4)18(16(14)3)21-20(13-19(5,6)7)11-9-8-10-12-20;;;;/h8-11H,12-13,21H2,1-7H3;3*1H3;/q4*-1;+4. The van der Waals surface area contributed by atoms with E-state index < -0.39 is 0 Å². The van der Waals surface area contributed by atoms with Crippen molar-refractivity contribution < 1.29 is 21.7 Å². The second-order valence-electron chi connectivity index (χ2n) is 8.25. The van der Waals surface area contributed by atoms with E-state index >= 15 is 0 Å². The zero-order chi connectivity index (χ0) is 15.8. The van der Waals surface area contributed by atoms with Gasteiger partial charge in [0, 0.05) is 9.52 Å². The molecule has 0 aliphatic heterocycles. The van der Waals surface area contributed by atoms with Crippen LogP contribution in [0.25, 0.3) is 0 Å². The van der Waals surface area contributed by atoms with Gasteiger partial charge in [-0.1, -0.05) is 72.8 Å². The molecule has 25 heavy (non-hydrogen) atoms. The van der Waals surface area contributed by atoms with Gasteiger partial charge in [0.05, 0.1) is 0 Å². The molecular formula is C23H40SiTi. The first kappa shape index (κ1) is 29.5. The molecule has 0 N–H and O–H groups in total. The first-order chi connectivity index (χ1) is 9.65. The average Bonchev–Trinajstić information content (AvgIpc) is 2.56. The monoisotopic (exact) mass is 392 g/mol. The van der Waals surface area contributed by atoms with Gasteiger partial charge in [-0.15, -0.1) is 0 Å². The SMILES string of the molecule is Cc1c(C)c(C)[c-]([SiH2]C2(CC(C)(C)C)C=CC=CC2)c1C.[CH3-].[CH3-].[CH3-].[Ti+4]. The quantitative estimate of drug-likeness (QED) is 0.444. The van der Waals surface area contributed by atoms with Crippen LogP contribution in [-0.2, 0) is 21.7 Å². The normalized spacial score (nSPS) is 19.0. The number of rotatable bonds is 3. The van der Waals surface area contributed by atoms with Crippen molar-refractivity contribution in [3.63, 3.8) is 0 Å². The third-order valence-corrected chi connectivity index (χ3v) is 8.12. The van der Waals surface area contributed by atoms with Crippen LogP contribution in [0.4, 0.5) is 0 Å².